The second kappa shape index (κ2) is 6.16. The van der Waals surface area contributed by atoms with Crippen LogP contribution < -0.4 is 4.90 Å². The Morgan fingerprint density at radius 2 is 2.04 bits per heavy atom. The molecule has 4 aliphatic rings. The largest absolute Gasteiger partial charge is 0.462 e. The first kappa shape index (κ1) is 16.6. The standard InChI is InChI=1S/C21H33NO2/c1-14-6-9-22(10-7-14)13-17-16-11-18-15(2)5-4-8-21(18,3)12-19(16)24-20(17)23/h14,16-17,19H,4-13H2,1-3H3/p+1/t16-,17-,19-,21-/m1/s1. The zero-order valence-corrected chi connectivity index (χ0v) is 15.7. The van der Waals surface area contributed by atoms with Crippen LogP contribution in [0.4, 0.5) is 0 Å². The fraction of sp³-hybridized carbons (Fsp3) is 0.857. The molecule has 0 amide bonds. The van der Waals surface area contributed by atoms with Crippen molar-refractivity contribution in [2.75, 3.05) is 19.6 Å². The normalized spacial score (nSPS) is 45.6. The van der Waals surface area contributed by atoms with Crippen molar-refractivity contribution in [1.82, 2.24) is 0 Å². The molecule has 3 heteroatoms. The molecule has 4 rings (SSSR count). The van der Waals surface area contributed by atoms with Gasteiger partial charge in [-0.05, 0) is 63.2 Å². The van der Waals surface area contributed by atoms with Crippen molar-refractivity contribution in [3.63, 3.8) is 0 Å². The third-order valence-corrected chi connectivity index (χ3v) is 7.67. The molecule has 3 fully saturated rings. The summed E-state index contributed by atoms with van der Waals surface area (Å²) in [4.78, 5) is 14.3. The molecule has 0 bridgehead atoms. The molecule has 134 valence electrons. The highest BCUT2D eigenvalue weighted by molar-refractivity contribution is 5.75. The highest BCUT2D eigenvalue weighted by Crippen LogP contribution is 2.54. The Balaban J connectivity index is 1.50. The molecule has 4 atom stereocenters. The van der Waals surface area contributed by atoms with Crippen molar-refractivity contribution in [3.8, 4) is 0 Å². The van der Waals surface area contributed by atoms with Gasteiger partial charge in [0.15, 0.2) is 0 Å². The van der Waals surface area contributed by atoms with Crippen LogP contribution in [0.2, 0.25) is 0 Å². The predicted octanol–water partition coefficient (Wildman–Crippen LogP) is 2.76. The lowest BCUT2D eigenvalue weighted by atomic mass is 9.59. The molecule has 0 aromatic carbocycles. The number of nitrogens with one attached hydrogen (secondary N) is 1. The molecule has 0 unspecified atom stereocenters. The van der Waals surface area contributed by atoms with Crippen molar-refractivity contribution in [3.05, 3.63) is 11.1 Å². The quantitative estimate of drug-likeness (QED) is 0.623. The van der Waals surface area contributed by atoms with E-state index in [9.17, 15) is 4.79 Å². The van der Waals surface area contributed by atoms with Crippen molar-refractivity contribution < 1.29 is 14.4 Å². The second-order valence-corrected chi connectivity index (χ2v) is 9.46. The monoisotopic (exact) mass is 332 g/mol. The third-order valence-electron chi connectivity index (χ3n) is 7.67. The molecular weight excluding hydrogens is 298 g/mol. The Kier molecular flexibility index (Phi) is 4.27. The summed E-state index contributed by atoms with van der Waals surface area (Å²) in [6.07, 6.45) is 8.84. The number of hydrogen-bond donors (Lipinski definition) is 1. The zero-order chi connectivity index (χ0) is 16.9. The molecular formula is C21H34NO2+. The van der Waals surface area contributed by atoms with Crippen LogP contribution in [-0.2, 0) is 9.53 Å². The number of quaternary nitrogens is 1. The Morgan fingerprint density at radius 1 is 1.29 bits per heavy atom. The molecule has 0 aromatic heterocycles. The lowest BCUT2D eigenvalue weighted by Gasteiger charge is -2.45. The van der Waals surface area contributed by atoms with Crippen LogP contribution in [0.3, 0.4) is 0 Å². The van der Waals surface area contributed by atoms with E-state index in [1.807, 2.05) is 0 Å². The average Bonchev–Trinajstić information content (AvgIpc) is 2.82. The van der Waals surface area contributed by atoms with Crippen LogP contribution in [0.25, 0.3) is 0 Å². The lowest BCUT2D eigenvalue weighted by Crippen LogP contribution is -3.13. The first-order valence-electron chi connectivity index (χ1n) is 10.2. The highest BCUT2D eigenvalue weighted by atomic mass is 16.6. The van der Waals surface area contributed by atoms with E-state index in [1.54, 1.807) is 16.0 Å². The van der Waals surface area contributed by atoms with E-state index in [4.69, 9.17) is 4.74 Å². The molecule has 0 spiro atoms. The van der Waals surface area contributed by atoms with Gasteiger partial charge in [-0.15, -0.1) is 0 Å². The number of ether oxygens (including phenoxy) is 1. The van der Waals surface area contributed by atoms with Gasteiger partial charge in [-0.2, -0.15) is 0 Å². The summed E-state index contributed by atoms with van der Waals surface area (Å²) in [5, 5.41) is 0. The van der Waals surface area contributed by atoms with Crippen molar-refractivity contribution >= 4 is 5.97 Å². The number of allylic oxidation sites excluding steroid dienone is 2. The smallest absolute Gasteiger partial charge is 0.315 e. The highest BCUT2D eigenvalue weighted by Gasteiger charge is 2.54. The number of hydrogen-bond acceptors (Lipinski definition) is 2. The number of carbonyl (C=O) groups excluding carboxylic acids is 1. The zero-order valence-electron chi connectivity index (χ0n) is 15.7. The summed E-state index contributed by atoms with van der Waals surface area (Å²) in [6, 6.07) is 0. The minimum atomic E-state index is 0.108. The van der Waals surface area contributed by atoms with Gasteiger partial charge in [0.2, 0.25) is 0 Å². The Labute approximate surface area is 146 Å². The summed E-state index contributed by atoms with van der Waals surface area (Å²) in [7, 11) is 0. The van der Waals surface area contributed by atoms with Gasteiger partial charge in [-0.1, -0.05) is 25.0 Å². The summed E-state index contributed by atoms with van der Waals surface area (Å²) in [5.74, 6) is 1.56. The summed E-state index contributed by atoms with van der Waals surface area (Å²) in [5.41, 5.74) is 3.59. The number of fused-ring (bicyclic) bond motifs is 2. The van der Waals surface area contributed by atoms with Crippen LogP contribution >= 0.6 is 0 Å². The third kappa shape index (κ3) is 2.83. The van der Waals surface area contributed by atoms with Gasteiger partial charge in [-0.3, -0.25) is 4.79 Å². The second-order valence-electron chi connectivity index (χ2n) is 9.46. The van der Waals surface area contributed by atoms with Crippen LogP contribution in [-0.4, -0.2) is 31.7 Å². The van der Waals surface area contributed by atoms with Crippen LogP contribution in [0.15, 0.2) is 11.1 Å². The minimum Gasteiger partial charge on any atom is -0.462 e. The fourth-order valence-electron chi connectivity index (χ4n) is 6.03. The molecule has 2 saturated heterocycles. The number of rotatable bonds is 2. The van der Waals surface area contributed by atoms with E-state index in [0.29, 0.717) is 11.3 Å². The molecule has 1 saturated carbocycles. The number of likely N-dealkylation sites (tertiary alicyclic amines) is 1. The van der Waals surface area contributed by atoms with E-state index in [1.165, 1.54) is 45.2 Å². The maximum atomic E-state index is 12.6. The van der Waals surface area contributed by atoms with E-state index in [0.717, 1.165) is 25.3 Å². The Bertz CT molecular complexity index is 546. The summed E-state index contributed by atoms with van der Waals surface area (Å²) >= 11 is 0. The van der Waals surface area contributed by atoms with Gasteiger partial charge in [-0.25, -0.2) is 0 Å². The summed E-state index contributed by atoms with van der Waals surface area (Å²) < 4.78 is 5.92. The molecule has 2 aliphatic heterocycles. The van der Waals surface area contributed by atoms with Gasteiger partial charge < -0.3 is 9.64 Å². The average molecular weight is 333 g/mol. The fourth-order valence-corrected chi connectivity index (χ4v) is 6.03. The van der Waals surface area contributed by atoms with E-state index < -0.39 is 0 Å². The predicted molar refractivity (Wildman–Crippen MR) is 94.7 cm³/mol. The maximum Gasteiger partial charge on any atom is 0.315 e. The first-order chi connectivity index (χ1) is 11.5. The molecule has 3 nitrogen and oxygen atoms in total. The maximum absolute atomic E-state index is 12.6. The molecule has 24 heavy (non-hydrogen) atoms. The van der Waals surface area contributed by atoms with Gasteiger partial charge in [0, 0.05) is 5.92 Å². The van der Waals surface area contributed by atoms with Gasteiger partial charge in [0.05, 0.1) is 19.6 Å². The summed E-state index contributed by atoms with van der Waals surface area (Å²) in [6.45, 7) is 10.6. The van der Waals surface area contributed by atoms with Crippen LogP contribution in [0, 0.1) is 23.2 Å². The van der Waals surface area contributed by atoms with E-state index >= 15 is 0 Å². The van der Waals surface area contributed by atoms with Gasteiger partial charge in [0.1, 0.15) is 12.0 Å². The minimum absolute atomic E-state index is 0.108. The Morgan fingerprint density at radius 3 is 2.79 bits per heavy atom. The molecule has 0 aromatic rings. The number of carbonyl (C=O) groups is 1. The van der Waals surface area contributed by atoms with Crippen molar-refractivity contribution in [2.45, 2.75) is 71.8 Å². The first-order valence-corrected chi connectivity index (χ1v) is 10.2. The molecule has 2 heterocycles. The SMILES string of the molecule is CC1=C2C[C@H]3[C@@H](C[C@@]2(C)CCC1)OC(=O)[C@@H]3C[NH+]1CCC(C)CC1. The van der Waals surface area contributed by atoms with Crippen molar-refractivity contribution in [2.24, 2.45) is 23.2 Å². The van der Waals surface area contributed by atoms with Crippen LogP contribution in [0.5, 0.6) is 0 Å². The van der Waals surface area contributed by atoms with E-state index in [-0.39, 0.29) is 18.0 Å². The van der Waals surface area contributed by atoms with E-state index in [2.05, 4.69) is 20.8 Å². The van der Waals surface area contributed by atoms with Crippen molar-refractivity contribution in [1.29, 1.82) is 0 Å². The van der Waals surface area contributed by atoms with Crippen LogP contribution in [0.1, 0.15) is 65.7 Å². The molecule has 1 N–H and O–H groups in total. The molecule has 2 aliphatic carbocycles. The Hall–Kier alpha value is -0.830. The number of piperidine rings is 1. The number of esters is 1. The topological polar surface area (TPSA) is 30.7 Å². The lowest BCUT2D eigenvalue weighted by molar-refractivity contribution is -0.908. The molecule has 0 radical (unpaired) electrons. The van der Waals surface area contributed by atoms with Gasteiger partial charge >= 0.3 is 5.97 Å². The van der Waals surface area contributed by atoms with Gasteiger partial charge in [0.25, 0.3) is 0 Å².